The summed E-state index contributed by atoms with van der Waals surface area (Å²) in [7, 11) is 0. The lowest BCUT2D eigenvalue weighted by Gasteiger charge is -2.07. The molecule has 2 aromatic rings. The fourth-order valence-corrected chi connectivity index (χ4v) is 1.80. The minimum absolute atomic E-state index is 0.322. The monoisotopic (exact) mass is 281 g/mol. The number of rotatable bonds is 5. The summed E-state index contributed by atoms with van der Waals surface area (Å²) in [5, 5.41) is 9.12. The highest BCUT2D eigenvalue weighted by atomic mass is 35.5. The van der Waals surface area contributed by atoms with Gasteiger partial charge in [-0.15, -0.1) is 29.4 Å². The molecule has 0 radical (unpaired) electrons. The molecular formula is C12H12ClN3OS. The zero-order valence-electron chi connectivity index (χ0n) is 9.58. The van der Waals surface area contributed by atoms with Crippen molar-refractivity contribution in [3.63, 3.8) is 0 Å². The van der Waals surface area contributed by atoms with E-state index in [4.69, 9.17) is 16.3 Å². The standard InChI is InChI=1S/C12H12ClN3OS/c1-2-7-16-11(14-15-12(16)18)8-17-10-5-3-9(13)4-6-10/h2-6H,1,7-8H2,(H,15,18). The summed E-state index contributed by atoms with van der Waals surface area (Å²) < 4.78 is 7.42. The molecule has 0 aliphatic carbocycles. The number of nitrogens with zero attached hydrogens (tertiary/aromatic N) is 3. The molecule has 94 valence electrons. The van der Waals surface area contributed by atoms with Crippen molar-refractivity contribution in [1.82, 2.24) is 14.8 Å². The van der Waals surface area contributed by atoms with Crippen molar-refractivity contribution >= 4 is 24.2 Å². The number of hydrogen-bond acceptors (Lipinski definition) is 4. The van der Waals surface area contributed by atoms with E-state index in [0.29, 0.717) is 29.2 Å². The third-order valence-electron chi connectivity index (χ3n) is 2.30. The topological polar surface area (TPSA) is 39.9 Å². The lowest BCUT2D eigenvalue weighted by Crippen LogP contribution is -2.06. The Labute approximate surface area is 116 Å². The van der Waals surface area contributed by atoms with Gasteiger partial charge < -0.3 is 4.74 Å². The van der Waals surface area contributed by atoms with E-state index >= 15 is 0 Å². The fraction of sp³-hybridized carbons (Fsp3) is 0.167. The highest BCUT2D eigenvalue weighted by Gasteiger charge is 2.08. The van der Waals surface area contributed by atoms with Crippen LogP contribution in [-0.2, 0) is 13.2 Å². The summed E-state index contributed by atoms with van der Waals surface area (Å²) in [5.41, 5.74) is 0. The van der Waals surface area contributed by atoms with Crippen LogP contribution in [0.25, 0.3) is 0 Å². The van der Waals surface area contributed by atoms with E-state index in [1.54, 1.807) is 30.3 Å². The van der Waals surface area contributed by atoms with Crippen molar-refractivity contribution in [2.75, 3.05) is 0 Å². The number of ether oxygens (including phenoxy) is 1. The second-order valence-corrected chi connectivity index (χ2v) is 4.39. The van der Waals surface area contributed by atoms with Gasteiger partial charge in [-0.25, -0.2) is 0 Å². The molecule has 6 heteroatoms. The summed E-state index contributed by atoms with van der Waals surface area (Å²) in [6.07, 6.45) is 1.76. The summed E-state index contributed by atoms with van der Waals surface area (Å²) in [6, 6.07) is 7.15. The molecule has 0 saturated heterocycles. The van der Waals surface area contributed by atoms with Gasteiger partial charge in [-0.1, -0.05) is 17.7 Å². The molecule has 0 saturated carbocycles. The fourth-order valence-electron chi connectivity index (χ4n) is 1.43. The molecule has 1 aromatic carbocycles. The van der Waals surface area contributed by atoms with Gasteiger partial charge in [-0.05, 0) is 24.3 Å². The molecule has 0 amide bonds. The molecule has 2 rings (SSSR count). The van der Waals surface area contributed by atoms with E-state index in [1.165, 1.54) is 0 Å². The van der Waals surface area contributed by atoms with Crippen molar-refractivity contribution in [1.29, 1.82) is 0 Å². The van der Waals surface area contributed by atoms with Gasteiger partial charge in [-0.2, -0.15) is 0 Å². The maximum Gasteiger partial charge on any atom is 0.188 e. The average molecular weight is 282 g/mol. The average Bonchev–Trinajstić information content (AvgIpc) is 2.71. The van der Waals surface area contributed by atoms with Crippen LogP contribution >= 0.6 is 24.2 Å². The first kappa shape index (κ1) is 13.0. The lowest BCUT2D eigenvalue weighted by atomic mass is 10.3. The molecule has 18 heavy (non-hydrogen) atoms. The van der Waals surface area contributed by atoms with Gasteiger partial charge in [0.25, 0.3) is 0 Å². The largest absolute Gasteiger partial charge is 0.486 e. The number of thiol groups is 1. The summed E-state index contributed by atoms with van der Waals surface area (Å²) in [5.74, 6) is 1.43. The van der Waals surface area contributed by atoms with Crippen molar-refractivity contribution in [2.24, 2.45) is 0 Å². The minimum atomic E-state index is 0.322. The molecule has 4 nitrogen and oxygen atoms in total. The smallest absolute Gasteiger partial charge is 0.188 e. The van der Waals surface area contributed by atoms with Crippen molar-refractivity contribution < 1.29 is 4.74 Å². The van der Waals surface area contributed by atoms with Gasteiger partial charge in [0.05, 0.1) is 0 Å². The summed E-state index contributed by atoms with van der Waals surface area (Å²) >= 11 is 10.0. The second-order valence-electron chi connectivity index (χ2n) is 3.56. The highest BCUT2D eigenvalue weighted by molar-refractivity contribution is 7.80. The molecule has 1 aromatic heterocycles. The first-order valence-corrected chi connectivity index (χ1v) is 6.13. The quantitative estimate of drug-likeness (QED) is 0.676. The number of hydrogen-bond donors (Lipinski definition) is 1. The van der Waals surface area contributed by atoms with Gasteiger partial charge in [0, 0.05) is 11.6 Å². The van der Waals surface area contributed by atoms with E-state index in [0.717, 1.165) is 5.75 Å². The first-order chi connectivity index (χ1) is 8.70. The molecular weight excluding hydrogens is 270 g/mol. The van der Waals surface area contributed by atoms with Crippen LogP contribution in [0.2, 0.25) is 5.02 Å². The Balaban J connectivity index is 2.05. The number of aromatic nitrogens is 3. The molecule has 0 spiro atoms. The zero-order chi connectivity index (χ0) is 13.0. The van der Waals surface area contributed by atoms with E-state index in [9.17, 15) is 0 Å². The van der Waals surface area contributed by atoms with E-state index < -0.39 is 0 Å². The molecule has 1 heterocycles. The maximum absolute atomic E-state index is 5.80. The molecule has 0 N–H and O–H groups in total. The van der Waals surface area contributed by atoms with Crippen LogP contribution < -0.4 is 4.74 Å². The molecule has 0 bridgehead atoms. The normalized spacial score (nSPS) is 10.3. The van der Waals surface area contributed by atoms with Crippen LogP contribution in [-0.4, -0.2) is 14.8 Å². The second kappa shape index (κ2) is 5.93. The Morgan fingerprint density at radius 2 is 2.06 bits per heavy atom. The van der Waals surface area contributed by atoms with Crippen LogP contribution in [0.1, 0.15) is 5.82 Å². The predicted molar refractivity (Wildman–Crippen MR) is 73.3 cm³/mol. The van der Waals surface area contributed by atoms with Crippen LogP contribution in [0.15, 0.2) is 42.1 Å². The lowest BCUT2D eigenvalue weighted by molar-refractivity contribution is 0.289. The van der Waals surface area contributed by atoms with Crippen molar-refractivity contribution in [3.8, 4) is 5.75 Å². The first-order valence-electron chi connectivity index (χ1n) is 5.31. The van der Waals surface area contributed by atoms with Gasteiger partial charge in [0.15, 0.2) is 11.0 Å². The van der Waals surface area contributed by atoms with Crippen LogP contribution in [0.4, 0.5) is 0 Å². The van der Waals surface area contributed by atoms with Gasteiger partial charge >= 0.3 is 0 Å². The van der Waals surface area contributed by atoms with Crippen molar-refractivity contribution in [3.05, 3.63) is 47.8 Å². The predicted octanol–water partition coefficient (Wildman–Crippen LogP) is 2.99. The molecule has 0 aliphatic rings. The molecule has 0 fully saturated rings. The SMILES string of the molecule is C=CCn1c(S)nnc1COc1ccc(Cl)cc1. The van der Waals surface area contributed by atoms with Crippen molar-refractivity contribution in [2.45, 2.75) is 18.3 Å². The summed E-state index contributed by atoms with van der Waals surface area (Å²) in [6.45, 7) is 4.60. The van der Waals surface area contributed by atoms with Gasteiger partial charge in [0.2, 0.25) is 0 Å². The van der Waals surface area contributed by atoms with Crippen LogP contribution in [0.5, 0.6) is 5.75 Å². The van der Waals surface area contributed by atoms with E-state index in [1.807, 2.05) is 4.57 Å². The van der Waals surface area contributed by atoms with E-state index in [-0.39, 0.29) is 0 Å². The third kappa shape index (κ3) is 3.05. The van der Waals surface area contributed by atoms with Gasteiger partial charge in [0.1, 0.15) is 12.4 Å². The highest BCUT2D eigenvalue weighted by Crippen LogP contribution is 2.17. The number of benzene rings is 1. The molecule has 0 aliphatic heterocycles. The Morgan fingerprint density at radius 1 is 1.33 bits per heavy atom. The zero-order valence-corrected chi connectivity index (χ0v) is 11.2. The van der Waals surface area contributed by atoms with Crippen LogP contribution in [0, 0.1) is 0 Å². The van der Waals surface area contributed by atoms with E-state index in [2.05, 4.69) is 29.4 Å². The maximum atomic E-state index is 5.80. The minimum Gasteiger partial charge on any atom is -0.486 e. The summed E-state index contributed by atoms with van der Waals surface area (Å²) in [4.78, 5) is 0. The van der Waals surface area contributed by atoms with Gasteiger partial charge in [-0.3, -0.25) is 4.57 Å². The number of halogens is 1. The Hall–Kier alpha value is -1.46. The van der Waals surface area contributed by atoms with Crippen LogP contribution in [0.3, 0.4) is 0 Å². The Morgan fingerprint density at radius 3 is 2.72 bits per heavy atom. The Kier molecular flexibility index (Phi) is 4.28. The molecule has 0 unspecified atom stereocenters. The molecule has 0 atom stereocenters. The number of allylic oxidation sites excluding steroid dienone is 1. The third-order valence-corrected chi connectivity index (χ3v) is 2.88. The Bertz CT molecular complexity index is 539.